The molecule has 1 atom stereocenters. The maximum atomic E-state index is 13.3. The standard InChI is InChI=1S/C20H15ClF2N4OS/c1-27-18(28)20(26-19(27)24,15-5-13(17(22)23)8-25-9-15)14-4-12(6-16(21)7-14)11-2-3-29-10-11/h2-10,17H,1H3,(H2,24,26). The minimum absolute atomic E-state index is 0.0190. The molecule has 1 unspecified atom stereocenters. The molecule has 29 heavy (non-hydrogen) atoms. The average Bonchev–Trinajstić information content (AvgIpc) is 3.32. The van der Waals surface area contributed by atoms with Gasteiger partial charge in [0.25, 0.3) is 12.3 Å². The van der Waals surface area contributed by atoms with E-state index in [1.165, 1.54) is 35.5 Å². The molecule has 0 bridgehead atoms. The van der Waals surface area contributed by atoms with Crippen LogP contribution in [0, 0.1) is 0 Å². The number of amides is 1. The molecule has 0 spiro atoms. The van der Waals surface area contributed by atoms with Crippen molar-refractivity contribution in [3.63, 3.8) is 0 Å². The van der Waals surface area contributed by atoms with Gasteiger partial charge in [-0.15, -0.1) is 0 Å². The monoisotopic (exact) mass is 432 g/mol. The largest absolute Gasteiger partial charge is 0.369 e. The lowest BCUT2D eigenvalue weighted by molar-refractivity contribution is -0.129. The van der Waals surface area contributed by atoms with Crippen LogP contribution in [0.1, 0.15) is 23.1 Å². The predicted octanol–water partition coefficient (Wildman–Crippen LogP) is 4.43. The first-order valence-corrected chi connectivity index (χ1v) is 9.85. The van der Waals surface area contributed by atoms with Crippen molar-refractivity contribution < 1.29 is 13.6 Å². The molecule has 1 aliphatic rings. The van der Waals surface area contributed by atoms with Crippen LogP contribution < -0.4 is 5.73 Å². The average molecular weight is 433 g/mol. The third-order valence-electron chi connectivity index (χ3n) is 4.84. The van der Waals surface area contributed by atoms with Gasteiger partial charge in [0, 0.05) is 35.6 Å². The Kier molecular flexibility index (Phi) is 4.84. The van der Waals surface area contributed by atoms with Crippen molar-refractivity contribution in [2.75, 3.05) is 7.05 Å². The number of likely N-dealkylation sites (N-methyl/N-ethyl adjacent to an activating group) is 1. The molecule has 3 heterocycles. The number of hydrogen-bond donors (Lipinski definition) is 1. The Morgan fingerprint density at radius 3 is 2.59 bits per heavy atom. The summed E-state index contributed by atoms with van der Waals surface area (Å²) in [6, 6.07) is 8.30. The third kappa shape index (κ3) is 3.18. The number of thiophene rings is 1. The van der Waals surface area contributed by atoms with Gasteiger partial charge in [0.2, 0.25) is 0 Å². The van der Waals surface area contributed by atoms with Crippen molar-refractivity contribution in [1.29, 1.82) is 0 Å². The third-order valence-corrected chi connectivity index (χ3v) is 5.74. The molecule has 0 saturated carbocycles. The molecule has 1 aromatic carbocycles. The number of nitrogens with zero attached hydrogens (tertiary/aromatic N) is 3. The Morgan fingerprint density at radius 1 is 1.17 bits per heavy atom. The van der Waals surface area contributed by atoms with E-state index in [-0.39, 0.29) is 17.1 Å². The highest BCUT2D eigenvalue weighted by Crippen LogP contribution is 2.42. The van der Waals surface area contributed by atoms with Gasteiger partial charge >= 0.3 is 0 Å². The van der Waals surface area contributed by atoms with Crippen molar-refractivity contribution in [2.45, 2.75) is 12.0 Å². The molecule has 0 radical (unpaired) electrons. The number of carbonyl (C=O) groups excluding carboxylic acids is 1. The van der Waals surface area contributed by atoms with Gasteiger partial charge in [-0.1, -0.05) is 11.6 Å². The first-order chi connectivity index (χ1) is 13.8. The maximum absolute atomic E-state index is 13.3. The van der Waals surface area contributed by atoms with E-state index >= 15 is 0 Å². The Labute approximate surface area is 174 Å². The molecule has 148 valence electrons. The highest BCUT2D eigenvalue weighted by atomic mass is 35.5. The van der Waals surface area contributed by atoms with Crippen LogP contribution in [-0.4, -0.2) is 28.8 Å². The van der Waals surface area contributed by atoms with Crippen LogP contribution in [-0.2, 0) is 10.3 Å². The Bertz CT molecular complexity index is 1120. The number of pyridine rings is 1. The lowest BCUT2D eigenvalue weighted by atomic mass is 9.82. The number of aliphatic imine (C=N–C) groups is 1. The number of halogens is 3. The van der Waals surface area contributed by atoms with E-state index in [1.807, 2.05) is 16.8 Å². The molecular formula is C20H15ClF2N4OS. The number of carbonyl (C=O) groups is 1. The van der Waals surface area contributed by atoms with Crippen LogP contribution in [0.25, 0.3) is 11.1 Å². The summed E-state index contributed by atoms with van der Waals surface area (Å²) in [7, 11) is 1.48. The second-order valence-electron chi connectivity index (χ2n) is 6.59. The van der Waals surface area contributed by atoms with Crippen molar-refractivity contribution in [1.82, 2.24) is 9.88 Å². The van der Waals surface area contributed by atoms with Crippen LogP contribution in [0.15, 0.2) is 58.5 Å². The molecule has 3 aromatic rings. The van der Waals surface area contributed by atoms with Crippen LogP contribution in [0.5, 0.6) is 0 Å². The van der Waals surface area contributed by atoms with E-state index in [2.05, 4.69) is 9.98 Å². The molecule has 0 aliphatic carbocycles. The van der Waals surface area contributed by atoms with Gasteiger partial charge in [-0.2, -0.15) is 11.3 Å². The van der Waals surface area contributed by atoms with E-state index in [0.29, 0.717) is 10.6 Å². The fourth-order valence-electron chi connectivity index (χ4n) is 3.35. The van der Waals surface area contributed by atoms with Crippen molar-refractivity contribution in [3.8, 4) is 11.1 Å². The topological polar surface area (TPSA) is 71.6 Å². The molecule has 2 aromatic heterocycles. The van der Waals surface area contributed by atoms with Gasteiger partial charge in [-0.25, -0.2) is 13.8 Å². The van der Waals surface area contributed by atoms with E-state index in [9.17, 15) is 13.6 Å². The van der Waals surface area contributed by atoms with Gasteiger partial charge in [-0.05, 0) is 57.8 Å². The second kappa shape index (κ2) is 7.20. The Hall–Kier alpha value is -2.84. The summed E-state index contributed by atoms with van der Waals surface area (Å²) < 4.78 is 26.6. The van der Waals surface area contributed by atoms with Crippen LogP contribution in [0.4, 0.5) is 8.78 Å². The van der Waals surface area contributed by atoms with Gasteiger partial charge in [0.05, 0.1) is 0 Å². The molecule has 2 N–H and O–H groups in total. The normalized spacial score (nSPS) is 19.1. The van der Waals surface area contributed by atoms with Crippen molar-refractivity contribution in [2.24, 2.45) is 10.7 Å². The molecule has 1 aliphatic heterocycles. The van der Waals surface area contributed by atoms with Gasteiger partial charge in [0.15, 0.2) is 11.5 Å². The number of rotatable bonds is 4. The lowest BCUT2D eigenvalue weighted by Crippen LogP contribution is -2.41. The summed E-state index contributed by atoms with van der Waals surface area (Å²) in [5.74, 6) is -0.490. The Morgan fingerprint density at radius 2 is 1.97 bits per heavy atom. The first-order valence-electron chi connectivity index (χ1n) is 8.53. The zero-order valence-electron chi connectivity index (χ0n) is 15.1. The number of alkyl halides is 2. The lowest BCUT2D eigenvalue weighted by Gasteiger charge is -2.27. The fourth-order valence-corrected chi connectivity index (χ4v) is 4.25. The molecule has 5 nitrogen and oxygen atoms in total. The number of aromatic nitrogens is 1. The second-order valence-corrected chi connectivity index (χ2v) is 7.81. The number of guanidine groups is 1. The zero-order chi connectivity index (χ0) is 20.8. The first kappa shape index (κ1) is 19.5. The van der Waals surface area contributed by atoms with Crippen LogP contribution in [0.2, 0.25) is 5.02 Å². The van der Waals surface area contributed by atoms with E-state index in [0.717, 1.165) is 17.3 Å². The number of benzene rings is 1. The van der Waals surface area contributed by atoms with Gasteiger partial charge < -0.3 is 5.73 Å². The molecule has 0 saturated heterocycles. The van der Waals surface area contributed by atoms with E-state index < -0.39 is 17.9 Å². The predicted molar refractivity (Wildman–Crippen MR) is 109 cm³/mol. The summed E-state index contributed by atoms with van der Waals surface area (Å²) >= 11 is 7.88. The smallest absolute Gasteiger partial charge is 0.266 e. The van der Waals surface area contributed by atoms with Crippen LogP contribution >= 0.6 is 22.9 Å². The van der Waals surface area contributed by atoms with Crippen molar-refractivity contribution >= 4 is 34.8 Å². The van der Waals surface area contributed by atoms with Crippen molar-refractivity contribution in [3.05, 3.63) is 75.2 Å². The van der Waals surface area contributed by atoms with E-state index in [1.54, 1.807) is 18.2 Å². The number of hydrogen-bond acceptors (Lipinski definition) is 5. The summed E-state index contributed by atoms with van der Waals surface area (Å²) in [5, 5.41) is 4.25. The maximum Gasteiger partial charge on any atom is 0.266 e. The van der Waals surface area contributed by atoms with Crippen LogP contribution in [0.3, 0.4) is 0 Å². The molecular weight excluding hydrogens is 418 g/mol. The Balaban J connectivity index is 1.99. The SMILES string of the molecule is CN1C(=O)C(c2cc(Cl)cc(-c3ccsc3)c2)(c2cncc(C(F)F)c2)N=C1N. The minimum Gasteiger partial charge on any atom is -0.369 e. The summed E-state index contributed by atoms with van der Waals surface area (Å²) in [6.07, 6.45) is -0.326. The zero-order valence-corrected chi connectivity index (χ0v) is 16.7. The van der Waals surface area contributed by atoms with Gasteiger partial charge in [0.1, 0.15) is 0 Å². The molecule has 0 fully saturated rings. The highest BCUT2D eigenvalue weighted by Gasteiger charge is 2.50. The van der Waals surface area contributed by atoms with E-state index in [4.69, 9.17) is 17.3 Å². The van der Waals surface area contributed by atoms with Gasteiger partial charge in [-0.3, -0.25) is 14.7 Å². The number of nitrogens with two attached hydrogens (primary N) is 1. The summed E-state index contributed by atoms with van der Waals surface area (Å²) in [6.45, 7) is 0. The summed E-state index contributed by atoms with van der Waals surface area (Å²) in [5.41, 5.74) is 6.32. The molecule has 9 heteroatoms. The minimum atomic E-state index is -2.74. The molecule has 1 amide bonds. The molecule has 4 rings (SSSR count). The summed E-state index contributed by atoms with van der Waals surface area (Å²) in [4.78, 5) is 22.8. The highest BCUT2D eigenvalue weighted by molar-refractivity contribution is 7.08. The fraction of sp³-hybridized carbons (Fsp3) is 0.150. The quantitative estimate of drug-likeness (QED) is 0.662.